The van der Waals surface area contributed by atoms with Gasteiger partial charge in [0.2, 0.25) is 0 Å². The molecule has 0 spiro atoms. The maximum Gasteiger partial charge on any atom is 0.273 e. The van der Waals surface area contributed by atoms with Crippen LogP contribution in [0.2, 0.25) is 0 Å². The molecule has 1 aromatic rings. The zero-order chi connectivity index (χ0) is 13.0. The lowest BCUT2D eigenvalue weighted by Gasteiger charge is -2.11. The van der Waals surface area contributed by atoms with Crippen molar-refractivity contribution >= 4 is 5.69 Å². The van der Waals surface area contributed by atoms with Crippen molar-refractivity contribution in [3.8, 4) is 11.5 Å². The Labute approximate surface area is 105 Å². The second kappa shape index (κ2) is 5.53. The number of nitro benzene ring substituents is 1. The molecule has 0 atom stereocenters. The normalized spacial score (nSPS) is 14.0. The number of hydrogen-bond acceptors (Lipinski definition) is 4. The maximum absolute atomic E-state index is 10.7. The standard InChI is InChI=1S/C13H15NO4/c1-2-7-17-13-8-11(14(15)16)5-6-12(13)18-9-10-3-4-10/h2,5-6,8,10H,1,3-4,7,9H2. The van der Waals surface area contributed by atoms with Gasteiger partial charge in [0.25, 0.3) is 5.69 Å². The van der Waals surface area contributed by atoms with Crippen LogP contribution in [0.3, 0.4) is 0 Å². The lowest BCUT2D eigenvalue weighted by atomic mass is 10.3. The van der Waals surface area contributed by atoms with Crippen LogP contribution < -0.4 is 9.47 Å². The molecule has 2 rings (SSSR count). The third kappa shape index (κ3) is 3.23. The zero-order valence-corrected chi connectivity index (χ0v) is 10.0. The van der Waals surface area contributed by atoms with E-state index in [9.17, 15) is 10.1 Å². The summed E-state index contributed by atoms with van der Waals surface area (Å²) in [5.74, 6) is 1.56. The van der Waals surface area contributed by atoms with Gasteiger partial charge in [0.05, 0.1) is 17.6 Å². The summed E-state index contributed by atoms with van der Waals surface area (Å²) < 4.78 is 11.0. The zero-order valence-electron chi connectivity index (χ0n) is 10.0. The molecule has 18 heavy (non-hydrogen) atoms. The smallest absolute Gasteiger partial charge is 0.273 e. The van der Waals surface area contributed by atoms with Gasteiger partial charge < -0.3 is 9.47 Å². The molecule has 0 amide bonds. The molecule has 5 nitrogen and oxygen atoms in total. The van der Waals surface area contributed by atoms with Crippen LogP contribution in [0.1, 0.15) is 12.8 Å². The highest BCUT2D eigenvalue weighted by atomic mass is 16.6. The predicted octanol–water partition coefficient (Wildman–Crippen LogP) is 2.95. The van der Waals surface area contributed by atoms with E-state index < -0.39 is 4.92 Å². The summed E-state index contributed by atoms with van der Waals surface area (Å²) in [5, 5.41) is 10.7. The summed E-state index contributed by atoms with van der Waals surface area (Å²) in [6.45, 7) is 4.48. The van der Waals surface area contributed by atoms with Gasteiger partial charge in [-0.1, -0.05) is 12.7 Å². The van der Waals surface area contributed by atoms with Crippen molar-refractivity contribution in [3.05, 3.63) is 41.0 Å². The first-order chi connectivity index (χ1) is 8.70. The molecule has 0 bridgehead atoms. The van der Waals surface area contributed by atoms with Crippen LogP contribution in [0.15, 0.2) is 30.9 Å². The fraction of sp³-hybridized carbons (Fsp3) is 0.385. The van der Waals surface area contributed by atoms with E-state index in [2.05, 4.69) is 6.58 Å². The highest BCUT2D eigenvalue weighted by molar-refractivity contribution is 5.48. The average Bonchev–Trinajstić information content (AvgIpc) is 3.18. The molecule has 0 aliphatic heterocycles. The maximum atomic E-state index is 10.7. The third-order valence-corrected chi connectivity index (χ3v) is 2.67. The number of benzene rings is 1. The summed E-state index contributed by atoms with van der Waals surface area (Å²) in [7, 11) is 0. The molecule has 1 saturated carbocycles. The van der Waals surface area contributed by atoms with E-state index >= 15 is 0 Å². The number of ether oxygens (including phenoxy) is 2. The Morgan fingerprint density at radius 1 is 1.39 bits per heavy atom. The van der Waals surface area contributed by atoms with Crippen molar-refractivity contribution in [2.24, 2.45) is 5.92 Å². The highest BCUT2D eigenvalue weighted by Crippen LogP contribution is 2.34. The van der Waals surface area contributed by atoms with E-state index in [0.29, 0.717) is 30.6 Å². The number of hydrogen-bond donors (Lipinski definition) is 0. The summed E-state index contributed by atoms with van der Waals surface area (Å²) in [6, 6.07) is 4.38. The summed E-state index contributed by atoms with van der Waals surface area (Å²) in [5.41, 5.74) is -0.00664. The van der Waals surface area contributed by atoms with E-state index in [0.717, 1.165) is 0 Å². The van der Waals surface area contributed by atoms with E-state index in [-0.39, 0.29) is 5.69 Å². The van der Waals surface area contributed by atoms with Gasteiger partial charge in [-0.05, 0) is 24.8 Å². The van der Waals surface area contributed by atoms with E-state index in [1.807, 2.05) is 0 Å². The van der Waals surface area contributed by atoms with E-state index in [1.165, 1.54) is 25.0 Å². The van der Waals surface area contributed by atoms with Gasteiger partial charge in [0, 0.05) is 6.07 Å². The van der Waals surface area contributed by atoms with Crippen molar-refractivity contribution in [2.75, 3.05) is 13.2 Å². The summed E-state index contributed by atoms with van der Waals surface area (Å²) >= 11 is 0. The highest BCUT2D eigenvalue weighted by Gasteiger charge is 2.23. The molecule has 0 heterocycles. The minimum Gasteiger partial charge on any atom is -0.489 e. The Morgan fingerprint density at radius 3 is 2.78 bits per heavy atom. The SMILES string of the molecule is C=CCOc1cc([N+](=O)[O-])ccc1OCC1CC1. The molecule has 0 N–H and O–H groups in total. The number of nitro groups is 1. The fourth-order valence-electron chi connectivity index (χ4n) is 1.48. The van der Waals surface area contributed by atoms with Crippen LogP contribution in [0.4, 0.5) is 5.69 Å². The minimum atomic E-state index is -0.453. The largest absolute Gasteiger partial charge is 0.489 e. The van der Waals surface area contributed by atoms with Gasteiger partial charge in [-0.25, -0.2) is 0 Å². The lowest BCUT2D eigenvalue weighted by Crippen LogP contribution is -2.03. The molecule has 96 valence electrons. The molecule has 5 heteroatoms. The number of rotatable bonds is 7. The first-order valence-corrected chi connectivity index (χ1v) is 5.85. The van der Waals surface area contributed by atoms with Gasteiger partial charge in [0.15, 0.2) is 11.5 Å². The van der Waals surface area contributed by atoms with Crippen molar-refractivity contribution < 1.29 is 14.4 Å². The monoisotopic (exact) mass is 249 g/mol. The number of non-ortho nitro benzene ring substituents is 1. The number of nitrogens with zero attached hydrogens (tertiary/aromatic N) is 1. The fourth-order valence-corrected chi connectivity index (χ4v) is 1.48. The van der Waals surface area contributed by atoms with Crippen molar-refractivity contribution in [1.82, 2.24) is 0 Å². The molecule has 1 fully saturated rings. The molecule has 0 radical (unpaired) electrons. The van der Waals surface area contributed by atoms with Gasteiger partial charge in [-0.15, -0.1) is 0 Å². The Bertz CT molecular complexity index is 454. The second-order valence-electron chi connectivity index (χ2n) is 4.24. The molecular weight excluding hydrogens is 234 g/mol. The molecule has 1 aliphatic rings. The molecule has 1 aromatic carbocycles. The predicted molar refractivity (Wildman–Crippen MR) is 67.0 cm³/mol. The van der Waals surface area contributed by atoms with Crippen LogP contribution in [-0.4, -0.2) is 18.1 Å². The van der Waals surface area contributed by atoms with E-state index in [4.69, 9.17) is 9.47 Å². The quantitative estimate of drug-likeness (QED) is 0.423. The molecule has 0 unspecified atom stereocenters. The Balaban J connectivity index is 2.13. The summed E-state index contributed by atoms with van der Waals surface area (Å²) in [6.07, 6.45) is 3.97. The lowest BCUT2D eigenvalue weighted by molar-refractivity contribution is -0.385. The van der Waals surface area contributed by atoms with Crippen molar-refractivity contribution in [3.63, 3.8) is 0 Å². The Kier molecular flexibility index (Phi) is 3.82. The van der Waals surface area contributed by atoms with Gasteiger partial charge in [-0.2, -0.15) is 0 Å². The molecule has 0 aromatic heterocycles. The van der Waals surface area contributed by atoms with Gasteiger partial charge >= 0.3 is 0 Å². The van der Waals surface area contributed by atoms with Crippen LogP contribution in [-0.2, 0) is 0 Å². The Morgan fingerprint density at radius 2 is 2.17 bits per heavy atom. The second-order valence-corrected chi connectivity index (χ2v) is 4.24. The van der Waals surface area contributed by atoms with Crippen molar-refractivity contribution in [2.45, 2.75) is 12.8 Å². The van der Waals surface area contributed by atoms with Crippen molar-refractivity contribution in [1.29, 1.82) is 0 Å². The van der Waals surface area contributed by atoms with Gasteiger partial charge in [0.1, 0.15) is 6.61 Å². The molecule has 1 aliphatic carbocycles. The first-order valence-electron chi connectivity index (χ1n) is 5.85. The average molecular weight is 249 g/mol. The van der Waals surface area contributed by atoms with Crippen LogP contribution in [0.25, 0.3) is 0 Å². The topological polar surface area (TPSA) is 61.6 Å². The van der Waals surface area contributed by atoms with Crippen LogP contribution in [0.5, 0.6) is 11.5 Å². The molecular formula is C13H15NO4. The van der Waals surface area contributed by atoms with Gasteiger partial charge in [-0.3, -0.25) is 10.1 Å². The third-order valence-electron chi connectivity index (χ3n) is 2.67. The molecule has 0 saturated heterocycles. The minimum absolute atomic E-state index is 0.00664. The Hall–Kier alpha value is -2.04. The summed E-state index contributed by atoms with van der Waals surface area (Å²) in [4.78, 5) is 10.3. The first kappa shape index (κ1) is 12.4. The van der Waals surface area contributed by atoms with Crippen LogP contribution >= 0.6 is 0 Å². The van der Waals surface area contributed by atoms with E-state index in [1.54, 1.807) is 12.1 Å². The van der Waals surface area contributed by atoms with Crippen LogP contribution in [0, 0.1) is 16.0 Å².